The van der Waals surface area contributed by atoms with Crippen LogP contribution < -0.4 is 5.32 Å². The molecule has 5 nitrogen and oxygen atoms in total. The second-order valence-corrected chi connectivity index (χ2v) is 12.1. The predicted molar refractivity (Wildman–Crippen MR) is 119 cm³/mol. The summed E-state index contributed by atoms with van der Waals surface area (Å²) < 4.78 is 11.1. The van der Waals surface area contributed by atoms with Gasteiger partial charge in [0.2, 0.25) is 0 Å². The third kappa shape index (κ3) is 3.32. The Morgan fingerprint density at radius 2 is 1.77 bits per heavy atom. The van der Waals surface area contributed by atoms with Gasteiger partial charge in [-0.15, -0.1) is 0 Å². The van der Waals surface area contributed by atoms with Crippen LogP contribution in [0.5, 0.6) is 0 Å². The molecule has 5 fully saturated rings. The van der Waals surface area contributed by atoms with Crippen molar-refractivity contribution >= 4 is 5.97 Å². The maximum absolute atomic E-state index is 12.8. The van der Waals surface area contributed by atoms with E-state index in [2.05, 4.69) is 19.2 Å². The zero-order valence-corrected chi connectivity index (χ0v) is 19.9. The average molecular weight is 434 g/mol. The molecule has 176 valence electrons. The molecule has 5 rings (SSSR count). The summed E-state index contributed by atoms with van der Waals surface area (Å²) in [7, 11) is 3.32. The highest BCUT2D eigenvalue weighted by molar-refractivity contribution is 5.74. The van der Waals surface area contributed by atoms with Gasteiger partial charge in [0.1, 0.15) is 0 Å². The van der Waals surface area contributed by atoms with Crippen molar-refractivity contribution in [3.05, 3.63) is 0 Å². The molecule has 5 saturated carbocycles. The highest BCUT2D eigenvalue weighted by atomic mass is 16.5. The third-order valence-electron chi connectivity index (χ3n) is 11.0. The van der Waals surface area contributed by atoms with Crippen molar-refractivity contribution in [1.29, 1.82) is 0 Å². The monoisotopic (exact) mass is 433 g/mol. The maximum Gasteiger partial charge on any atom is 0.309 e. The maximum atomic E-state index is 12.8. The Hall–Kier alpha value is -0.650. The number of aliphatic hydroxyl groups is 1. The van der Waals surface area contributed by atoms with Crippen LogP contribution in [0, 0.1) is 40.4 Å². The minimum Gasteiger partial charge on any atom is -0.469 e. The molecule has 5 aliphatic rings. The molecule has 0 aromatic rings. The number of esters is 1. The Morgan fingerprint density at radius 3 is 2.42 bits per heavy atom. The summed E-state index contributed by atoms with van der Waals surface area (Å²) in [5.41, 5.74) is 0.225. The van der Waals surface area contributed by atoms with Crippen molar-refractivity contribution in [1.82, 2.24) is 5.32 Å². The van der Waals surface area contributed by atoms with Gasteiger partial charge in [0.25, 0.3) is 0 Å². The summed E-state index contributed by atoms with van der Waals surface area (Å²) in [6, 6.07) is 1.09. The molecule has 0 aliphatic heterocycles. The van der Waals surface area contributed by atoms with Crippen LogP contribution >= 0.6 is 0 Å². The zero-order valence-electron chi connectivity index (χ0n) is 19.9. The van der Waals surface area contributed by atoms with E-state index in [0.29, 0.717) is 35.8 Å². The Balaban J connectivity index is 1.50. The first kappa shape index (κ1) is 22.2. The van der Waals surface area contributed by atoms with E-state index < -0.39 is 0 Å². The highest BCUT2D eigenvalue weighted by Gasteiger charge is 2.65. The Labute approximate surface area is 188 Å². The largest absolute Gasteiger partial charge is 0.469 e. The Bertz CT molecular complexity index is 695. The quantitative estimate of drug-likeness (QED) is 0.658. The molecule has 0 aromatic carbocycles. The van der Waals surface area contributed by atoms with Gasteiger partial charge in [0.05, 0.1) is 25.2 Å². The molecule has 0 spiro atoms. The molecule has 2 N–H and O–H groups in total. The summed E-state index contributed by atoms with van der Waals surface area (Å²) in [5.74, 6) is 2.48. The molecule has 31 heavy (non-hydrogen) atoms. The zero-order chi connectivity index (χ0) is 22.0. The number of hydrogen-bond donors (Lipinski definition) is 2. The van der Waals surface area contributed by atoms with E-state index >= 15 is 0 Å². The van der Waals surface area contributed by atoms with E-state index in [4.69, 9.17) is 9.47 Å². The average Bonchev–Trinajstić information content (AvgIpc) is 3.06. The fourth-order valence-electron chi connectivity index (χ4n) is 9.25. The molecule has 0 heterocycles. The topological polar surface area (TPSA) is 67.8 Å². The van der Waals surface area contributed by atoms with Crippen LogP contribution in [-0.4, -0.2) is 49.6 Å². The fraction of sp³-hybridized carbons (Fsp3) is 0.962. The van der Waals surface area contributed by atoms with Gasteiger partial charge in [-0.1, -0.05) is 20.3 Å². The molecule has 0 saturated heterocycles. The number of fused-ring (bicyclic) bond motifs is 5. The molecular weight excluding hydrogens is 390 g/mol. The van der Waals surface area contributed by atoms with E-state index in [1.807, 2.05) is 0 Å². The predicted octanol–water partition coefficient (Wildman–Crippen LogP) is 3.92. The van der Waals surface area contributed by atoms with Crippen molar-refractivity contribution in [2.75, 3.05) is 14.2 Å². The summed E-state index contributed by atoms with van der Waals surface area (Å²) in [6.45, 7) is 4.91. The van der Waals surface area contributed by atoms with Gasteiger partial charge >= 0.3 is 5.97 Å². The lowest BCUT2D eigenvalue weighted by atomic mass is 9.43. The molecular formula is C26H43NO4. The highest BCUT2D eigenvalue weighted by Crippen LogP contribution is 2.67. The summed E-state index contributed by atoms with van der Waals surface area (Å²) in [4.78, 5) is 12.8. The van der Waals surface area contributed by atoms with Gasteiger partial charge in [-0.25, -0.2) is 0 Å². The van der Waals surface area contributed by atoms with Gasteiger partial charge in [-0.2, -0.15) is 0 Å². The molecule has 0 amide bonds. The number of ether oxygens (including phenoxy) is 2. The second kappa shape index (κ2) is 7.99. The third-order valence-corrected chi connectivity index (χ3v) is 11.0. The van der Waals surface area contributed by atoms with Crippen LogP contribution in [0.25, 0.3) is 0 Å². The number of aliphatic hydroxyl groups excluding tert-OH is 1. The lowest BCUT2D eigenvalue weighted by Crippen LogP contribution is -2.65. The van der Waals surface area contributed by atoms with Crippen LogP contribution in [0.1, 0.15) is 78.1 Å². The van der Waals surface area contributed by atoms with Gasteiger partial charge in [-0.05, 0) is 92.3 Å². The normalized spacial score (nSPS) is 51.9. The standard InChI is InChI=1S/C26H43NO4/c1-25-14-22(30-3)21(28)12-15(25)8-9-17-18-10-11-19(24(29)31-4)26(18,2)13-20(23(17)25)27-16-6-5-7-16/h15-23,27-28H,5-14H2,1-4H3/t15-,17-,18-,19+,20+,21-,22-,23+,25-,26-/m0/s1. The van der Waals surface area contributed by atoms with E-state index in [9.17, 15) is 9.90 Å². The number of carbonyl (C=O) groups is 1. The number of rotatable bonds is 4. The van der Waals surface area contributed by atoms with Crippen LogP contribution in [0.2, 0.25) is 0 Å². The molecule has 0 unspecified atom stereocenters. The summed E-state index contributed by atoms with van der Waals surface area (Å²) in [5, 5.41) is 14.8. The number of hydrogen-bond acceptors (Lipinski definition) is 5. The van der Waals surface area contributed by atoms with Crippen molar-refractivity contribution < 1.29 is 19.4 Å². The summed E-state index contributed by atoms with van der Waals surface area (Å²) in [6.07, 6.45) is 11.0. The first-order valence-electron chi connectivity index (χ1n) is 12.9. The lowest BCUT2D eigenvalue weighted by molar-refractivity contribution is -0.180. The van der Waals surface area contributed by atoms with Crippen LogP contribution in [0.3, 0.4) is 0 Å². The van der Waals surface area contributed by atoms with Gasteiger partial charge in [0.15, 0.2) is 0 Å². The van der Waals surface area contributed by atoms with Gasteiger partial charge in [0, 0.05) is 19.2 Å². The molecule has 10 atom stereocenters. The summed E-state index contributed by atoms with van der Waals surface area (Å²) >= 11 is 0. The first-order valence-corrected chi connectivity index (χ1v) is 12.9. The van der Waals surface area contributed by atoms with E-state index in [1.165, 1.54) is 32.1 Å². The van der Waals surface area contributed by atoms with E-state index in [1.54, 1.807) is 14.2 Å². The minimum atomic E-state index is -0.332. The first-order chi connectivity index (χ1) is 14.8. The van der Waals surface area contributed by atoms with Gasteiger partial charge < -0.3 is 19.9 Å². The van der Waals surface area contributed by atoms with Crippen LogP contribution in [0.15, 0.2) is 0 Å². The van der Waals surface area contributed by atoms with Crippen molar-refractivity contribution in [3.8, 4) is 0 Å². The molecule has 0 bridgehead atoms. The second-order valence-electron chi connectivity index (χ2n) is 12.1. The number of methoxy groups -OCH3 is 2. The number of nitrogens with one attached hydrogen (secondary N) is 1. The molecule has 5 aliphatic carbocycles. The number of carbonyl (C=O) groups excluding carboxylic acids is 1. The van der Waals surface area contributed by atoms with Crippen molar-refractivity contribution in [3.63, 3.8) is 0 Å². The van der Waals surface area contributed by atoms with E-state index in [-0.39, 0.29) is 34.9 Å². The lowest BCUT2D eigenvalue weighted by Gasteiger charge is -2.64. The van der Waals surface area contributed by atoms with Gasteiger partial charge in [-0.3, -0.25) is 4.79 Å². The van der Waals surface area contributed by atoms with Crippen molar-refractivity contribution in [2.45, 2.75) is 102 Å². The Kier molecular flexibility index (Phi) is 5.71. The van der Waals surface area contributed by atoms with Crippen LogP contribution in [-0.2, 0) is 14.3 Å². The minimum absolute atomic E-state index is 0.00553. The molecule has 0 aromatic heterocycles. The van der Waals surface area contributed by atoms with Crippen LogP contribution in [0.4, 0.5) is 0 Å². The Morgan fingerprint density at radius 1 is 1.00 bits per heavy atom. The molecule has 0 radical (unpaired) electrons. The smallest absolute Gasteiger partial charge is 0.309 e. The SMILES string of the molecule is COC(=O)[C@H]1CC[C@H]2[C@@H]3CC[C@H]4C[C@H](O)[C@@H](OC)C[C@]4(C)[C@H]3[C@H](NC3CCC3)C[C@]12C. The molecule has 5 heteroatoms. The van der Waals surface area contributed by atoms with Crippen molar-refractivity contribution in [2.24, 2.45) is 40.4 Å². The fourth-order valence-corrected chi connectivity index (χ4v) is 9.25. The van der Waals surface area contributed by atoms with E-state index in [0.717, 1.165) is 32.1 Å².